The Morgan fingerprint density at radius 3 is 2.43 bits per heavy atom. The summed E-state index contributed by atoms with van der Waals surface area (Å²) in [6, 6.07) is 1.42. The Morgan fingerprint density at radius 1 is 1.10 bits per heavy atom. The molecule has 1 saturated carbocycles. The van der Waals surface area contributed by atoms with Crippen molar-refractivity contribution in [2.24, 2.45) is 5.92 Å². The Morgan fingerprint density at radius 2 is 1.76 bits per heavy atom. The molecule has 3 rings (SSSR count). The van der Waals surface area contributed by atoms with E-state index in [1.165, 1.54) is 45.1 Å². The van der Waals surface area contributed by atoms with Gasteiger partial charge in [0.25, 0.3) is 0 Å². The molecule has 4 nitrogen and oxygen atoms in total. The third kappa shape index (κ3) is 3.26. The van der Waals surface area contributed by atoms with Crippen molar-refractivity contribution in [1.82, 2.24) is 9.80 Å². The van der Waals surface area contributed by atoms with Crippen LogP contribution in [0.5, 0.6) is 0 Å². The van der Waals surface area contributed by atoms with Crippen molar-refractivity contribution < 1.29 is 9.53 Å². The second-order valence-electron chi connectivity index (χ2n) is 7.20. The standard InChI is InChI=1S/C17H30N2O2/c1-13-11-18(12-15-7-9-21-10-8-15)16-5-3-4-6-17(16)19(13)14(2)20/h13,15-17H,3-12H2,1-2H3/t13-,16?,17?/m0/s1. The molecule has 3 fully saturated rings. The van der Waals surface area contributed by atoms with Gasteiger partial charge in [-0.15, -0.1) is 0 Å². The van der Waals surface area contributed by atoms with Crippen LogP contribution >= 0.6 is 0 Å². The van der Waals surface area contributed by atoms with E-state index in [0.29, 0.717) is 18.1 Å². The molecule has 2 aliphatic heterocycles. The molecule has 0 aromatic rings. The van der Waals surface area contributed by atoms with E-state index in [1.807, 2.05) is 0 Å². The van der Waals surface area contributed by atoms with Gasteiger partial charge in [-0.2, -0.15) is 0 Å². The number of rotatable bonds is 2. The molecule has 3 atom stereocenters. The fraction of sp³-hybridized carbons (Fsp3) is 0.941. The lowest BCUT2D eigenvalue weighted by Gasteiger charge is -2.53. The first-order valence-corrected chi connectivity index (χ1v) is 8.77. The quantitative estimate of drug-likeness (QED) is 0.783. The van der Waals surface area contributed by atoms with Crippen LogP contribution in [0.15, 0.2) is 0 Å². The normalized spacial score (nSPS) is 35.5. The van der Waals surface area contributed by atoms with E-state index < -0.39 is 0 Å². The molecule has 0 aromatic carbocycles. The van der Waals surface area contributed by atoms with Crippen molar-refractivity contribution >= 4 is 5.91 Å². The third-order valence-electron chi connectivity index (χ3n) is 5.69. The summed E-state index contributed by atoms with van der Waals surface area (Å²) in [5, 5.41) is 0. The number of fused-ring (bicyclic) bond motifs is 1. The van der Waals surface area contributed by atoms with Crippen LogP contribution < -0.4 is 0 Å². The van der Waals surface area contributed by atoms with Crippen molar-refractivity contribution in [3.63, 3.8) is 0 Å². The molecule has 2 saturated heterocycles. The summed E-state index contributed by atoms with van der Waals surface area (Å²) < 4.78 is 5.49. The average molecular weight is 294 g/mol. The smallest absolute Gasteiger partial charge is 0.220 e. The summed E-state index contributed by atoms with van der Waals surface area (Å²) >= 11 is 0. The lowest BCUT2D eigenvalue weighted by Crippen LogP contribution is -2.65. The lowest BCUT2D eigenvalue weighted by atomic mass is 9.83. The Balaban J connectivity index is 1.70. The third-order valence-corrected chi connectivity index (χ3v) is 5.69. The Labute approximate surface area is 128 Å². The number of ether oxygens (including phenoxy) is 1. The maximum absolute atomic E-state index is 12.1. The number of carbonyl (C=O) groups is 1. The zero-order valence-electron chi connectivity index (χ0n) is 13.6. The number of hydrogen-bond donors (Lipinski definition) is 0. The minimum atomic E-state index is 0.269. The topological polar surface area (TPSA) is 32.8 Å². The van der Waals surface area contributed by atoms with Gasteiger partial charge in [0.2, 0.25) is 5.91 Å². The molecule has 1 aliphatic carbocycles. The number of nitrogens with zero attached hydrogens (tertiary/aromatic N) is 2. The highest BCUT2D eigenvalue weighted by Crippen LogP contribution is 2.34. The average Bonchev–Trinajstić information content (AvgIpc) is 2.48. The first-order chi connectivity index (χ1) is 10.2. The first kappa shape index (κ1) is 15.3. The van der Waals surface area contributed by atoms with E-state index in [9.17, 15) is 4.79 Å². The predicted molar refractivity (Wildman–Crippen MR) is 83.1 cm³/mol. The Kier molecular flexibility index (Phi) is 4.85. The highest BCUT2D eigenvalue weighted by molar-refractivity contribution is 5.74. The molecule has 0 spiro atoms. The summed E-state index contributed by atoms with van der Waals surface area (Å²) in [4.78, 5) is 16.9. The molecule has 4 heteroatoms. The van der Waals surface area contributed by atoms with Crippen LogP contribution in [0, 0.1) is 5.92 Å². The van der Waals surface area contributed by atoms with Crippen LogP contribution in [0.3, 0.4) is 0 Å². The molecular weight excluding hydrogens is 264 g/mol. The van der Waals surface area contributed by atoms with Crippen molar-refractivity contribution in [3.8, 4) is 0 Å². The van der Waals surface area contributed by atoms with Gasteiger partial charge in [-0.1, -0.05) is 12.8 Å². The Bertz CT molecular complexity index is 368. The number of hydrogen-bond acceptors (Lipinski definition) is 3. The van der Waals surface area contributed by atoms with E-state index >= 15 is 0 Å². The zero-order valence-corrected chi connectivity index (χ0v) is 13.6. The second kappa shape index (κ2) is 6.66. The van der Waals surface area contributed by atoms with Crippen LogP contribution in [0.4, 0.5) is 0 Å². The molecule has 2 heterocycles. The maximum Gasteiger partial charge on any atom is 0.220 e. The first-order valence-electron chi connectivity index (χ1n) is 8.77. The fourth-order valence-corrected chi connectivity index (χ4v) is 4.75. The number of piperazine rings is 1. The van der Waals surface area contributed by atoms with E-state index in [-0.39, 0.29) is 5.91 Å². The monoisotopic (exact) mass is 294 g/mol. The van der Waals surface area contributed by atoms with Crippen LogP contribution in [0.1, 0.15) is 52.4 Å². The lowest BCUT2D eigenvalue weighted by molar-refractivity contribution is -0.142. The second-order valence-corrected chi connectivity index (χ2v) is 7.20. The molecule has 21 heavy (non-hydrogen) atoms. The molecule has 0 aromatic heterocycles. The van der Waals surface area contributed by atoms with Gasteiger partial charge in [0, 0.05) is 51.4 Å². The molecule has 0 N–H and O–H groups in total. The molecule has 120 valence electrons. The van der Waals surface area contributed by atoms with Gasteiger partial charge >= 0.3 is 0 Å². The minimum absolute atomic E-state index is 0.269. The van der Waals surface area contributed by atoms with Crippen molar-refractivity contribution in [3.05, 3.63) is 0 Å². The van der Waals surface area contributed by atoms with Gasteiger partial charge < -0.3 is 9.64 Å². The summed E-state index contributed by atoms with van der Waals surface area (Å²) in [6.45, 7) is 8.10. The SMILES string of the molecule is CC(=O)N1C2CCCCC2N(CC2CCOCC2)C[C@@H]1C. The van der Waals surface area contributed by atoms with Crippen molar-refractivity contribution in [2.45, 2.75) is 70.5 Å². The van der Waals surface area contributed by atoms with E-state index in [0.717, 1.165) is 25.7 Å². The summed E-state index contributed by atoms with van der Waals surface area (Å²) in [6.07, 6.45) is 7.48. The van der Waals surface area contributed by atoms with Crippen molar-refractivity contribution in [2.75, 3.05) is 26.3 Å². The van der Waals surface area contributed by atoms with Crippen LogP contribution in [0.2, 0.25) is 0 Å². The maximum atomic E-state index is 12.1. The molecule has 0 radical (unpaired) electrons. The largest absolute Gasteiger partial charge is 0.381 e. The summed E-state index contributed by atoms with van der Waals surface area (Å²) in [7, 11) is 0. The molecule has 1 amide bonds. The van der Waals surface area contributed by atoms with Gasteiger partial charge in [-0.25, -0.2) is 0 Å². The molecule has 3 aliphatic rings. The van der Waals surface area contributed by atoms with Gasteiger partial charge in [-0.3, -0.25) is 9.69 Å². The highest BCUT2D eigenvalue weighted by atomic mass is 16.5. The predicted octanol–water partition coefficient (Wildman–Crippen LogP) is 2.28. The Hall–Kier alpha value is -0.610. The fourth-order valence-electron chi connectivity index (χ4n) is 4.75. The van der Waals surface area contributed by atoms with E-state index in [4.69, 9.17) is 4.74 Å². The van der Waals surface area contributed by atoms with Crippen molar-refractivity contribution in [1.29, 1.82) is 0 Å². The van der Waals surface area contributed by atoms with Crippen LogP contribution in [-0.4, -0.2) is 60.1 Å². The molecular formula is C17H30N2O2. The van der Waals surface area contributed by atoms with Crippen LogP contribution in [-0.2, 0) is 9.53 Å². The number of carbonyl (C=O) groups excluding carboxylic acids is 1. The van der Waals surface area contributed by atoms with Gasteiger partial charge in [0.15, 0.2) is 0 Å². The summed E-state index contributed by atoms with van der Waals surface area (Å²) in [5.41, 5.74) is 0. The minimum Gasteiger partial charge on any atom is -0.381 e. The number of amides is 1. The van der Waals surface area contributed by atoms with Gasteiger partial charge in [0.05, 0.1) is 0 Å². The molecule has 2 unspecified atom stereocenters. The van der Waals surface area contributed by atoms with Gasteiger partial charge in [0.1, 0.15) is 0 Å². The highest BCUT2D eigenvalue weighted by Gasteiger charge is 2.42. The van der Waals surface area contributed by atoms with Crippen LogP contribution in [0.25, 0.3) is 0 Å². The van der Waals surface area contributed by atoms with E-state index in [2.05, 4.69) is 16.7 Å². The van der Waals surface area contributed by atoms with Gasteiger partial charge in [-0.05, 0) is 38.5 Å². The van der Waals surface area contributed by atoms with E-state index in [1.54, 1.807) is 6.92 Å². The summed E-state index contributed by atoms with van der Waals surface area (Å²) in [5.74, 6) is 1.06. The molecule has 0 bridgehead atoms. The zero-order chi connectivity index (χ0) is 14.8.